The van der Waals surface area contributed by atoms with Gasteiger partial charge in [-0.25, -0.2) is 4.79 Å². The minimum atomic E-state index is -0.687. The number of hydrogen-bond donors (Lipinski definition) is 3. The Kier molecular flexibility index (Phi) is 4.37. The average molecular weight is 265 g/mol. The van der Waals surface area contributed by atoms with Crippen LogP contribution >= 0.6 is 0 Å². The Labute approximate surface area is 112 Å². The van der Waals surface area contributed by atoms with Gasteiger partial charge < -0.3 is 21.5 Å². The molecule has 0 saturated carbocycles. The largest absolute Gasteiger partial charge is 0.465 e. The first-order chi connectivity index (χ1) is 8.77. The third-order valence-electron chi connectivity index (χ3n) is 2.86. The highest BCUT2D eigenvalue weighted by Crippen LogP contribution is 2.23. The summed E-state index contributed by atoms with van der Waals surface area (Å²) in [5, 5.41) is 3.04. The van der Waals surface area contributed by atoms with E-state index >= 15 is 0 Å². The highest BCUT2D eigenvalue weighted by Gasteiger charge is 2.24. The number of nitrogen functional groups attached to an aromatic ring is 1. The first-order valence-electron chi connectivity index (χ1n) is 5.79. The van der Waals surface area contributed by atoms with Crippen LogP contribution in [0.1, 0.15) is 24.2 Å². The number of esters is 1. The van der Waals surface area contributed by atoms with E-state index in [0.717, 1.165) is 0 Å². The van der Waals surface area contributed by atoms with Crippen LogP contribution in [0, 0.1) is 5.41 Å². The van der Waals surface area contributed by atoms with E-state index in [1.54, 1.807) is 26.0 Å². The Morgan fingerprint density at radius 2 is 2.00 bits per heavy atom. The molecule has 0 bridgehead atoms. The van der Waals surface area contributed by atoms with Crippen molar-refractivity contribution in [2.24, 2.45) is 11.1 Å². The number of rotatable bonds is 5. The number of methoxy groups -OCH3 is 1. The lowest BCUT2D eigenvalue weighted by Crippen LogP contribution is -2.37. The molecule has 0 radical (unpaired) electrons. The second-order valence-electron chi connectivity index (χ2n) is 4.90. The van der Waals surface area contributed by atoms with Crippen molar-refractivity contribution in [2.75, 3.05) is 24.7 Å². The van der Waals surface area contributed by atoms with Crippen molar-refractivity contribution >= 4 is 23.3 Å². The van der Waals surface area contributed by atoms with E-state index < -0.39 is 17.3 Å². The fourth-order valence-electron chi connectivity index (χ4n) is 1.37. The topological polar surface area (TPSA) is 107 Å². The fraction of sp³-hybridized carbons (Fsp3) is 0.385. The number of nitrogens with two attached hydrogens (primary N) is 2. The Morgan fingerprint density at radius 1 is 1.37 bits per heavy atom. The maximum atomic E-state index is 11.3. The van der Waals surface area contributed by atoms with Crippen LogP contribution in [0.15, 0.2) is 18.2 Å². The van der Waals surface area contributed by atoms with Gasteiger partial charge in [-0.1, -0.05) is 0 Å². The molecule has 6 heteroatoms. The summed E-state index contributed by atoms with van der Waals surface area (Å²) in [5.41, 5.74) is 11.8. The standard InChI is InChI=1S/C13H19N3O3/c1-13(2,12(15)18)7-16-10-5-4-8(6-9(10)14)11(17)19-3/h4-6,16H,7,14H2,1-3H3,(H2,15,18). The molecule has 5 N–H and O–H groups in total. The average Bonchev–Trinajstić information content (AvgIpc) is 2.36. The number of carbonyl (C=O) groups excluding carboxylic acids is 2. The van der Waals surface area contributed by atoms with Gasteiger partial charge in [0.05, 0.1) is 29.5 Å². The summed E-state index contributed by atoms with van der Waals surface area (Å²) >= 11 is 0. The predicted octanol–water partition coefficient (Wildman–Crippen LogP) is 0.979. The summed E-state index contributed by atoms with van der Waals surface area (Å²) in [6, 6.07) is 4.78. The molecule has 0 fully saturated rings. The highest BCUT2D eigenvalue weighted by molar-refractivity contribution is 5.92. The van der Waals surface area contributed by atoms with Crippen LogP contribution in [0.25, 0.3) is 0 Å². The first-order valence-corrected chi connectivity index (χ1v) is 5.79. The van der Waals surface area contributed by atoms with Crippen LogP contribution < -0.4 is 16.8 Å². The van der Waals surface area contributed by atoms with Crippen LogP contribution in [0.2, 0.25) is 0 Å². The third-order valence-corrected chi connectivity index (χ3v) is 2.86. The summed E-state index contributed by atoms with van der Waals surface area (Å²) in [6.45, 7) is 3.83. The van der Waals surface area contributed by atoms with Gasteiger partial charge in [-0.05, 0) is 32.0 Å². The van der Waals surface area contributed by atoms with E-state index in [9.17, 15) is 9.59 Å². The summed E-state index contributed by atoms with van der Waals surface area (Å²) in [5.74, 6) is -0.847. The van der Waals surface area contributed by atoms with Crippen molar-refractivity contribution in [3.63, 3.8) is 0 Å². The molecule has 1 aromatic carbocycles. The van der Waals surface area contributed by atoms with E-state index in [-0.39, 0.29) is 0 Å². The van der Waals surface area contributed by atoms with Gasteiger partial charge in [0.2, 0.25) is 5.91 Å². The van der Waals surface area contributed by atoms with Gasteiger partial charge in [0.15, 0.2) is 0 Å². The summed E-state index contributed by atoms with van der Waals surface area (Å²) in [6.07, 6.45) is 0. The predicted molar refractivity (Wildman–Crippen MR) is 73.7 cm³/mol. The molecular formula is C13H19N3O3. The molecule has 1 rings (SSSR count). The summed E-state index contributed by atoms with van der Waals surface area (Å²) in [7, 11) is 1.31. The molecule has 1 aromatic rings. The van der Waals surface area contributed by atoms with Crippen molar-refractivity contribution in [1.82, 2.24) is 0 Å². The SMILES string of the molecule is COC(=O)c1ccc(NCC(C)(C)C(N)=O)c(N)c1. The van der Waals surface area contributed by atoms with E-state index in [1.807, 2.05) is 0 Å². The Hall–Kier alpha value is -2.24. The van der Waals surface area contributed by atoms with E-state index in [1.165, 1.54) is 13.2 Å². The minimum Gasteiger partial charge on any atom is -0.465 e. The fourth-order valence-corrected chi connectivity index (χ4v) is 1.37. The van der Waals surface area contributed by atoms with Gasteiger partial charge in [-0.15, -0.1) is 0 Å². The molecule has 0 aromatic heterocycles. The number of anilines is 2. The zero-order valence-electron chi connectivity index (χ0n) is 11.3. The molecule has 0 atom stereocenters. The highest BCUT2D eigenvalue weighted by atomic mass is 16.5. The third kappa shape index (κ3) is 3.61. The lowest BCUT2D eigenvalue weighted by Gasteiger charge is -2.22. The maximum absolute atomic E-state index is 11.3. The molecule has 104 valence electrons. The minimum absolute atomic E-state index is 0.351. The Bertz CT molecular complexity index is 498. The maximum Gasteiger partial charge on any atom is 0.337 e. The van der Waals surface area contributed by atoms with Gasteiger partial charge in [-0.3, -0.25) is 4.79 Å². The molecule has 0 aliphatic carbocycles. The van der Waals surface area contributed by atoms with Crippen molar-refractivity contribution in [3.8, 4) is 0 Å². The molecule has 0 aliphatic heterocycles. The summed E-state index contributed by atoms with van der Waals surface area (Å²) < 4.78 is 4.60. The second kappa shape index (κ2) is 5.60. The quantitative estimate of drug-likeness (QED) is 0.543. The van der Waals surface area contributed by atoms with Crippen molar-refractivity contribution in [1.29, 1.82) is 0 Å². The number of ether oxygens (including phenoxy) is 1. The van der Waals surface area contributed by atoms with Gasteiger partial charge >= 0.3 is 5.97 Å². The molecule has 0 spiro atoms. The smallest absolute Gasteiger partial charge is 0.337 e. The van der Waals surface area contributed by atoms with Crippen LogP contribution in [-0.4, -0.2) is 25.5 Å². The number of hydrogen-bond acceptors (Lipinski definition) is 5. The Morgan fingerprint density at radius 3 is 2.47 bits per heavy atom. The van der Waals surface area contributed by atoms with E-state index in [2.05, 4.69) is 10.1 Å². The molecule has 0 heterocycles. The number of amides is 1. The lowest BCUT2D eigenvalue weighted by molar-refractivity contribution is -0.125. The zero-order chi connectivity index (χ0) is 14.6. The molecule has 0 aliphatic rings. The van der Waals surface area contributed by atoms with Crippen LogP contribution in [0.4, 0.5) is 11.4 Å². The van der Waals surface area contributed by atoms with Crippen LogP contribution in [-0.2, 0) is 9.53 Å². The van der Waals surface area contributed by atoms with Gasteiger partial charge in [0, 0.05) is 6.54 Å². The molecule has 19 heavy (non-hydrogen) atoms. The molecule has 6 nitrogen and oxygen atoms in total. The summed E-state index contributed by atoms with van der Waals surface area (Å²) in [4.78, 5) is 22.5. The van der Waals surface area contributed by atoms with Crippen molar-refractivity contribution in [3.05, 3.63) is 23.8 Å². The Balaban J connectivity index is 2.81. The molecular weight excluding hydrogens is 246 g/mol. The van der Waals surface area contributed by atoms with Gasteiger partial charge in [-0.2, -0.15) is 0 Å². The molecule has 0 saturated heterocycles. The van der Waals surface area contributed by atoms with E-state index in [4.69, 9.17) is 11.5 Å². The monoisotopic (exact) mass is 265 g/mol. The number of benzene rings is 1. The second-order valence-corrected chi connectivity index (χ2v) is 4.90. The van der Waals surface area contributed by atoms with Gasteiger partial charge in [0.1, 0.15) is 0 Å². The first kappa shape index (κ1) is 14.8. The van der Waals surface area contributed by atoms with E-state index in [0.29, 0.717) is 23.5 Å². The number of carbonyl (C=O) groups is 2. The number of primary amides is 1. The van der Waals surface area contributed by atoms with Crippen molar-refractivity contribution in [2.45, 2.75) is 13.8 Å². The number of nitrogens with one attached hydrogen (secondary N) is 1. The van der Waals surface area contributed by atoms with Crippen LogP contribution in [0.5, 0.6) is 0 Å². The normalized spacial score (nSPS) is 10.9. The molecule has 0 unspecified atom stereocenters. The zero-order valence-corrected chi connectivity index (χ0v) is 11.3. The van der Waals surface area contributed by atoms with Gasteiger partial charge in [0.25, 0.3) is 0 Å². The van der Waals surface area contributed by atoms with Crippen LogP contribution in [0.3, 0.4) is 0 Å². The lowest BCUT2D eigenvalue weighted by atomic mass is 9.92. The van der Waals surface area contributed by atoms with Crippen molar-refractivity contribution < 1.29 is 14.3 Å². The molecule has 1 amide bonds.